The van der Waals surface area contributed by atoms with Crippen molar-refractivity contribution in [1.82, 2.24) is 30.0 Å². The number of piperazine rings is 1. The number of aryl methyl sites for hydroxylation is 1. The maximum Gasteiger partial charge on any atom is 0.260 e. The highest BCUT2D eigenvalue weighted by Gasteiger charge is 2.20. The smallest absolute Gasteiger partial charge is 0.260 e. The van der Waals surface area contributed by atoms with Crippen molar-refractivity contribution in [2.24, 2.45) is 0 Å². The van der Waals surface area contributed by atoms with Gasteiger partial charge in [0.25, 0.3) is 5.88 Å². The molecule has 172 valence electrons. The molecule has 0 aliphatic carbocycles. The molecule has 8 nitrogen and oxygen atoms in total. The van der Waals surface area contributed by atoms with Gasteiger partial charge in [0.15, 0.2) is 5.82 Å². The van der Waals surface area contributed by atoms with Crippen molar-refractivity contribution < 1.29 is 4.74 Å². The molecule has 8 heteroatoms. The van der Waals surface area contributed by atoms with Gasteiger partial charge in [-0.1, -0.05) is 37.6 Å². The van der Waals surface area contributed by atoms with E-state index in [9.17, 15) is 0 Å². The lowest BCUT2D eigenvalue weighted by Crippen LogP contribution is -2.42. The van der Waals surface area contributed by atoms with Crippen LogP contribution in [0.2, 0.25) is 0 Å². The number of imidazole rings is 1. The summed E-state index contributed by atoms with van der Waals surface area (Å²) in [5.41, 5.74) is 10.2. The third-order valence-electron chi connectivity index (χ3n) is 5.82. The second-order valence-corrected chi connectivity index (χ2v) is 8.81. The molecular weight excluding hydrogens is 402 g/mol. The van der Waals surface area contributed by atoms with Crippen molar-refractivity contribution in [1.29, 1.82) is 0 Å². The third-order valence-corrected chi connectivity index (χ3v) is 5.82. The fraction of sp³-hybridized carbons (Fsp3) is 0.542. The van der Waals surface area contributed by atoms with E-state index in [0.717, 1.165) is 63.3 Å². The summed E-state index contributed by atoms with van der Waals surface area (Å²) in [6.45, 7) is 12.2. The van der Waals surface area contributed by atoms with Crippen LogP contribution in [0, 0.1) is 0 Å². The lowest BCUT2D eigenvalue weighted by Gasteiger charge is -2.27. The normalized spacial score (nSPS) is 15.0. The molecule has 0 atom stereocenters. The average molecular weight is 438 g/mol. The van der Waals surface area contributed by atoms with Gasteiger partial charge in [0.2, 0.25) is 0 Å². The monoisotopic (exact) mass is 437 g/mol. The molecule has 0 saturated carbocycles. The highest BCUT2D eigenvalue weighted by atomic mass is 16.5. The lowest BCUT2D eigenvalue weighted by atomic mass is 10.1. The van der Waals surface area contributed by atoms with E-state index in [1.54, 1.807) is 0 Å². The number of fused-ring (bicyclic) bond motifs is 1. The SMILES string of the molecule is CCCCc1nc2c(N)nnc(OC(C)C)c2n1Cc1ccc(CN2CCNCC2)cc1. The van der Waals surface area contributed by atoms with Crippen molar-refractivity contribution in [2.45, 2.75) is 59.2 Å². The Bertz CT molecular complexity index is 1020. The van der Waals surface area contributed by atoms with Gasteiger partial charge >= 0.3 is 0 Å². The zero-order valence-corrected chi connectivity index (χ0v) is 19.5. The van der Waals surface area contributed by atoms with Gasteiger partial charge in [0.05, 0.1) is 6.10 Å². The summed E-state index contributed by atoms with van der Waals surface area (Å²) < 4.78 is 8.19. The molecule has 3 aromatic rings. The van der Waals surface area contributed by atoms with E-state index in [2.05, 4.69) is 56.2 Å². The second-order valence-electron chi connectivity index (χ2n) is 8.81. The maximum atomic E-state index is 6.15. The van der Waals surface area contributed by atoms with Crippen LogP contribution >= 0.6 is 0 Å². The van der Waals surface area contributed by atoms with Crippen molar-refractivity contribution in [3.8, 4) is 5.88 Å². The number of nitrogens with two attached hydrogens (primary N) is 1. The van der Waals surface area contributed by atoms with Crippen LogP contribution < -0.4 is 15.8 Å². The molecule has 0 spiro atoms. The Morgan fingerprint density at radius 1 is 1.06 bits per heavy atom. The van der Waals surface area contributed by atoms with E-state index < -0.39 is 0 Å². The van der Waals surface area contributed by atoms with Gasteiger partial charge in [0, 0.05) is 45.7 Å². The van der Waals surface area contributed by atoms with E-state index in [0.29, 0.717) is 23.8 Å². The summed E-state index contributed by atoms with van der Waals surface area (Å²) in [5, 5.41) is 11.7. The van der Waals surface area contributed by atoms with Crippen LogP contribution in [-0.2, 0) is 19.5 Å². The molecule has 1 fully saturated rings. The summed E-state index contributed by atoms with van der Waals surface area (Å²) in [4.78, 5) is 7.35. The number of hydrogen-bond acceptors (Lipinski definition) is 7. The molecule has 0 radical (unpaired) electrons. The lowest BCUT2D eigenvalue weighted by molar-refractivity contribution is 0.232. The minimum Gasteiger partial charge on any atom is -0.472 e. The molecule has 32 heavy (non-hydrogen) atoms. The molecule has 3 N–H and O–H groups in total. The van der Waals surface area contributed by atoms with Crippen molar-refractivity contribution in [2.75, 3.05) is 31.9 Å². The molecule has 4 rings (SSSR count). The Morgan fingerprint density at radius 3 is 2.41 bits per heavy atom. The summed E-state index contributed by atoms with van der Waals surface area (Å²) in [5.74, 6) is 1.84. The number of benzene rings is 1. The molecule has 0 amide bonds. The molecule has 0 bridgehead atoms. The summed E-state index contributed by atoms with van der Waals surface area (Å²) in [7, 11) is 0. The number of hydrogen-bond donors (Lipinski definition) is 2. The van der Waals surface area contributed by atoms with Gasteiger partial charge < -0.3 is 20.4 Å². The average Bonchev–Trinajstić information content (AvgIpc) is 3.15. The van der Waals surface area contributed by atoms with Crippen molar-refractivity contribution in [3.63, 3.8) is 0 Å². The van der Waals surface area contributed by atoms with Crippen molar-refractivity contribution >= 4 is 16.9 Å². The van der Waals surface area contributed by atoms with Crippen LogP contribution in [0.4, 0.5) is 5.82 Å². The number of rotatable bonds is 9. The van der Waals surface area contributed by atoms with Gasteiger partial charge in [-0.25, -0.2) is 4.98 Å². The van der Waals surface area contributed by atoms with E-state index >= 15 is 0 Å². The van der Waals surface area contributed by atoms with Gasteiger partial charge in [-0.15, -0.1) is 10.2 Å². The van der Waals surface area contributed by atoms with Crippen LogP contribution in [0.25, 0.3) is 11.0 Å². The van der Waals surface area contributed by atoms with Crippen LogP contribution in [0.1, 0.15) is 50.6 Å². The first-order valence-corrected chi connectivity index (χ1v) is 11.7. The van der Waals surface area contributed by atoms with Crippen LogP contribution in [0.3, 0.4) is 0 Å². The van der Waals surface area contributed by atoms with Gasteiger partial charge in [-0.3, -0.25) is 4.90 Å². The molecule has 1 aliphatic heterocycles. The molecule has 0 unspecified atom stereocenters. The first kappa shape index (κ1) is 22.5. The minimum absolute atomic E-state index is 0.0113. The third kappa shape index (κ3) is 5.19. The fourth-order valence-corrected chi connectivity index (χ4v) is 4.15. The number of unbranched alkanes of at least 4 members (excludes halogenated alkanes) is 1. The quantitative estimate of drug-likeness (QED) is 0.531. The Balaban J connectivity index is 1.63. The topological polar surface area (TPSA) is 94.1 Å². The molecule has 2 aromatic heterocycles. The first-order chi connectivity index (χ1) is 15.5. The number of aromatic nitrogens is 4. The van der Waals surface area contributed by atoms with E-state index in [1.165, 1.54) is 11.1 Å². The van der Waals surface area contributed by atoms with Gasteiger partial charge in [0.1, 0.15) is 16.9 Å². The number of nitrogens with one attached hydrogen (secondary N) is 1. The molecule has 3 heterocycles. The Morgan fingerprint density at radius 2 is 1.75 bits per heavy atom. The van der Waals surface area contributed by atoms with Gasteiger partial charge in [-0.05, 0) is 31.4 Å². The molecular formula is C24H35N7O. The number of nitrogens with zero attached hydrogens (tertiary/aromatic N) is 5. The summed E-state index contributed by atoms with van der Waals surface area (Å²) >= 11 is 0. The number of anilines is 1. The van der Waals surface area contributed by atoms with E-state index in [1.807, 2.05) is 13.8 Å². The molecule has 1 aliphatic rings. The highest BCUT2D eigenvalue weighted by Crippen LogP contribution is 2.29. The van der Waals surface area contributed by atoms with E-state index in [4.69, 9.17) is 15.5 Å². The zero-order chi connectivity index (χ0) is 22.5. The van der Waals surface area contributed by atoms with Crippen molar-refractivity contribution in [3.05, 3.63) is 41.2 Å². The Kier molecular flexibility index (Phi) is 7.22. The second kappa shape index (κ2) is 10.3. The minimum atomic E-state index is -0.0113. The van der Waals surface area contributed by atoms with Gasteiger partial charge in [-0.2, -0.15) is 0 Å². The summed E-state index contributed by atoms with van der Waals surface area (Å²) in [6, 6.07) is 8.91. The van der Waals surface area contributed by atoms with E-state index in [-0.39, 0.29) is 6.10 Å². The predicted octanol–water partition coefficient (Wildman–Crippen LogP) is 2.99. The zero-order valence-electron chi connectivity index (χ0n) is 19.5. The number of nitrogen functional groups attached to an aromatic ring is 1. The maximum absolute atomic E-state index is 6.15. The predicted molar refractivity (Wildman–Crippen MR) is 128 cm³/mol. The fourth-order valence-electron chi connectivity index (χ4n) is 4.15. The Labute approximate surface area is 190 Å². The first-order valence-electron chi connectivity index (χ1n) is 11.7. The standard InChI is InChI=1S/C24H35N7O/c1-4-5-6-20-27-21-22(24(32-17(2)3)29-28-23(21)25)31(20)16-19-9-7-18(8-10-19)15-30-13-11-26-12-14-30/h7-10,17,26H,4-6,11-16H2,1-3H3,(H2,25,28). The largest absolute Gasteiger partial charge is 0.472 e. The molecule has 1 aromatic carbocycles. The molecule has 1 saturated heterocycles. The number of ether oxygens (including phenoxy) is 1. The summed E-state index contributed by atoms with van der Waals surface area (Å²) in [6.07, 6.45) is 3.04. The van der Waals surface area contributed by atoms with Crippen LogP contribution in [-0.4, -0.2) is 56.9 Å². The Hall–Kier alpha value is -2.71. The van der Waals surface area contributed by atoms with Crippen LogP contribution in [0.15, 0.2) is 24.3 Å². The van der Waals surface area contributed by atoms with Crippen LogP contribution in [0.5, 0.6) is 5.88 Å². The highest BCUT2D eigenvalue weighted by molar-refractivity contribution is 5.88.